The first-order chi connectivity index (χ1) is 6.34. The van der Waals surface area contributed by atoms with E-state index < -0.39 is 10.2 Å². The number of nitrogens with one attached hydrogen (secondary N) is 1. The van der Waals surface area contributed by atoms with Crippen molar-refractivity contribution in [3.8, 4) is 0 Å². The SMILES string of the molecule is C[C@@H]1CN(S(=O)(=O)N(C)C)C[C@H](C)N1. The zero-order valence-electron chi connectivity index (χ0n) is 9.19. The summed E-state index contributed by atoms with van der Waals surface area (Å²) in [4.78, 5) is 0. The predicted molar refractivity (Wildman–Crippen MR) is 56.2 cm³/mol. The number of hydrogen-bond donors (Lipinski definition) is 1. The quantitative estimate of drug-likeness (QED) is 0.682. The van der Waals surface area contributed by atoms with Crippen molar-refractivity contribution < 1.29 is 8.42 Å². The fourth-order valence-electron chi connectivity index (χ4n) is 1.70. The Kier molecular flexibility index (Phi) is 3.52. The third-order valence-electron chi connectivity index (χ3n) is 2.31. The van der Waals surface area contributed by atoms with Gasteiger partial charge in [-0.1, -0.05) is 0 Å². The van der Waals surface area contributed by atoms with Crippen LogP contribution in [0.2, 0.25) is 0 Å². The highest BCUT2D eigenvalue weighted by atomic mass is 32.2. The zero-order chi connectivity index (χ0) is 10.9. The standard InChI is InChI=1S/C8H19N3O2S/c1-7-5-11(6-8(2)9-7)14(12,13)10(3)4/h7-9H,5-6H2,1-4H3/t7-,8+. The fourth-order valence-corrected chi connectivity index (χ4v) is 2.98. The summed E-state index contributed by atoms with van der Waals surface area (Å²) in [5.41, 5.74) is 0. The van der Waals surface area contributed by atoms with Crippen molar-refractivity contribution in [1.29, 1.82) is 0 Å². The minimum Gasteiger partial charge on any atom is -0.309 e. The molecule has 1 rings (SSSR count). The number of piperazine rings is 1. The van der Waals surface area contributed by atoms with Crippen LogP contribution in [0.5, 0.6) is 0 Å². The Morgan fingerprint density at radius 1 is 1.21 bits per heavy atom. The molecule has 1 N–H and O–H groups in total. The van der Waals surface area contributed by atoms with Gasteiger partial charge in [0.05, 0.1) is 0 Å². The summed E-state index contributed by atoms with van der Waals surface area (Å²) in [5.74, 6) is 0. The third-order valence-corrected chi connectivity index (χ3v) is 4.19. The van der Waals surface area contributed by atoms with Crippen LogP contribution >= 0.6 is 0 Å². The number of rotatable bonds is 2. The highest BCUT2D eigenvalue weighted by Gasteiger charge is 2.31. The summed E-state index contributed by atoms with van der Waals surface area (Å²) in [6, 6.07) is 0.432. The molecule has 0 aliphatic carbocycles. The molecule has 2 atom stereocenters. The first-order valence-corrected chi connectivity index (χ1v) is 6.17. The Labute approximate surface area is 86.3 Å². The zero-order valence-corrected chi connectivity index (χ0v) is 10.0. The molecule has 0 saturated carbocycles. The average Bonchev–Trinajstić information content (AvgIpc) is 2.01. The third kappa shape index (κ3) is 2.44. The largest absolute Gasteiger partial charge is 0.309 e. The summed E-state index contributed by atoms with van der Waals surface area (Å²) in [5, 5.41) is 3.30. The molecule has 0 amide bonds. The van der Waals surface area contributed by atoms with E-state index in [1.54, 1.807) is 14.1 Å². The Bertz CT molecular complexity index is 279. The molecule has 0 bridgehead atoms. The van der Waals surface area contributed by atoms with Crippen molar-refractivity contribution >= 4 is 10.2 Å². The lowest BCUT2D eigenvalue weighted by Gasteiger charge is -2.36. The van der Waals surface area contributed by atoms with Gasteiger partial charge in [0.25, 0.3) is 10.2 Å². The van der Waals surface area contributed by atoms with E-state index in [0.717, 1.165) is 0 Å². The Morgan fingerprint density at radius 2 is 1.64 bits per heavy atom. The minimum atomic E-state index is -3.24. The highest BCUT2D eigenvalue weighted by Crippen LogP contribution is 2.11. The summed E-state index contributed by atoms with van der Waals surface area (Å²) >= 11 is 0. The van der Waals surface area contributed by atoms with Gasteiger partial charge in [-0.3, -0.25) is 0 Å². The van der Waals surface area contributed by atoms with Crippen molar-refractivity contribution in [3.63, 3.8) is 0 Å². The highest BCUT2D eigenvalue weighted by molar-refractivity contribution is 7.86. The monoisotopic (exact) mass is 221 g/mol. The molecule has 6 heteroatoms. The van der Waals surface area contributed by atoms with Crippen LogP contribution < -0.4 is 5.32 Å². The van der Waals surface area contributed by atoms with Crippen LogP contribution in [0.4, 0.5) is 0 Å². The molecule has 14 heavy (non-hydrogen) atoms. The van der Waals surface area contributed by atoms with Crippen LogP contribution in [-0.4, -0.2) is 56.3 Å². The van der Waals surface area contributed by atoms with E-state index in [1.165, 1.54) is 8.61 Å². The van der Waals surface area contributed by atoms with E-state index in [2.05, 4.69) is 5.32 Å². The summed E-state index contributed by atoms with van der Waals surface area (Å²) in [6.45, 7) is 5.08. The van der Waals surface area contributed by atoms with Gasteiger partial charge in [-0.25, -0.2) is 0 Å². The van der Waals surface area contributed by atoms with Gasteiger partial charge in [-0.2, -0.15) is 17.0 Å². The lowest BCUT2D eigenvalue weighted by atomic mass is 10.2. The second-order valence-electron chi connectivity index (χ2n) is 4.08. The molecular weight excluding hydrogens is 202 g/mol. The molecule has 5 nitrogen and oxygen atoms in total. The summed E-state index contributed by atoms with van der Waals surface area (Å²) in [6.07, 6.45) is 0. The number of hydrogen-bond acceptors (Lipinski definition) is 3. The minimum absolute atomic E-state index is 0.216. The Balaban J connectivity index is 2.78. The van der Waals surface area contributed by atoms with Crippen molar-refractivity contribution in [3.05, 3.63) is 0 Å². The van der Waals surface area contributed by atoms with Crippen LogP contribution in [0.15, 0.2) is 0 Å². The van der Waals surface area contributed by atoms with Crippen LogP contribution in [0.25, 0.3) is 0 Å². The first kappa shape index (κ1) is 11.9. The molecule has 1 saturated heterocycles. The molecule has 1 aliphatic rings. The smallest absolute Gasteiger partial charge is 0.281 e. The van der Waals surface area contributed by atoms with Gasteiger partial charge < -0.3 is 5.32 Å². The average molecular weight is 221 g/mol. The van der Waals surface area contributed by atoms with E-state index in [1.807, 2.05) is 13.8 Å². The second-order valence-corrected chi connectivity index (χ2v) is 6.22. The van der Waals surface area contributed by atoms with Crippen molar-refractivity contribution in [2.75, 3.05) is 27.2 Å². The van der Waals surface area contributed by atoms with Gasteiger partial charge in [0.15, 0.2) is 0 Å². The molecular formula is C8H19N3O2S. The van der Waals surface area contributed by atoms with Gasteiger partial charge in [-0.15, -0.1) is 0 Å². The predicted octanol–water partition coefficient (Wildman–Crippen LogP) is -0.525. The Morgan fingerprint density at radius 3 is 2.00 bits per heavy atom. The van der Waals surface area contributed by atoms with Gasteiger partial charge in [0.2, 0.25) is 0 Å². The molecule has 1 aliphatic heterocycles. The lowest BCUT2D eigenvalue weighted by Crippen LogP contribution is -2.57. The van der Waals surface area contributed by atoms with Crippen molar-refractivity contribution in [2.45, 2.75) is 25.9 Å². The van der Waals surface area contributed by atoms with Crippen molar-refractivity contribution in [1.82, 2.24) is 13.9 Å². The maximum atomic E-state index is 11.8. The molecule has 0 unspecified atom stereocenters. The second kappa shape index (κ2) is 4.14. The summed E-state index contributed by atoms with van der Waals surface area (Å²) in [7, 11) is -0.115. The van der Waals surface area contributed by atoms with Gasteiger partial charge >= 0.3 is 0 Å². The van der Waals surface area contributed by atoms with Gasteiger partial charge in [-0.05, 0) is 13.8 Å². The van der Waals surface area contributed by atoms with Gasteiger partial charge in [0.1, 0.15) is 0 Å². The molecule has 0 aromatic rings. The maximum Gasteiger partial charge on any atom is 0.281 e. The number of nitrogens with zero attached hydrogens (tertiary/aromatic N) is 2. The van der Waals surface area contributed by atoms with E-state index in [4.69, 9.17) is 0 Å². The fraction of sp³-hybridized carbons (Fsp3) is 1.00. The van der Waals surface area contributed by atoms with Crippen LogP contribution in [0.1, 0.15) is 13.8 Å². The topological polar surface area (TPSA) is 52.7 Å². The molecule has 0 aromatic carbocycles. The molecule has 84 valence electrons. The molecule has 0 radical (unpaired) electrons. The van der Waals surface area contributed by atoms with E-state index >= 15 is 0 Å². The van der Waals surface area contributed by atoms with E-state index in [0.29, 0.717) is 13.1 Å². The molecule has 0 spiro atoms. The van der Waals surface area contributed by atoms with E-state index in [-0.39, 0.29) is 12.1 Å². The molecule has 1 fully saturated rings. The van der Waals surface area contributed by atoms with E-state index in [9.17, 15) is 8.42 Å². The summed E-state index contributed by atoms with van der Waals surface area (Å²) < 4.78 is 26.4. The molecule has 1 heterocycles. The van der Waals surface area contributed by atoms with Crippen LogP contribution in [0.3, 0.4) is 0 Å². The lowest BCUT2D eigenvalue weighted by molar-refractivity contribution is 0.252. The van der Waals surface area contributed by atoms with Gasteiger partial charge in [0, 0.05) is 39.3 Å². The van der Waals surface area contributed by atoms with Crippen molar-refractivity contribution in [2.24, 2.45) is 0 Å². The van der Waals surface area contributed by atoms with Crippen LogP contribution in [0, 0.1) is 0 Å². The molecule has 0 aromatic heterocycles. The Hall–Kier alpha value is -0.170. The van der Waals surface area contributed by atoms with Crippen LogP contribution in [-0.2, 0) is 10.2 Å². The first-order valence-electron chi connectivity index (χ1n) is 4.77. The maximum absolute atomic E-state index is 11.8. The normalized spacial score (nSPS) is 30.9.